The smallest absolute Gasteiger partial charge is 0.335 e. The van der Waals surface area contributed by atoms with Gasteiger partial charge in [0, 0.05) is 31.0 Å². The van der Waals surface area contributed by atoms with Crippen LogP contribution in [0.25, 0.3) is 5.69 Å². The molecule has 0 bridgehead atoms. The molecule has 0 aliphatic carbocycles. The molecule has 0 spiro atoms. The Balaban J connectivity index is 1.88. The van der Waals surface area contributed by atoms with Gasteiger partial charge in [-0.15, -0.1) is 0 Å². The first-order valence-electron chi connectivity index (χ1n) is 8.82. The van der Waals surface area contributed by atoms with E-state index in [4.69, 9.17) is 16.7 Å². The van der Waals surface area contributed by atoms with Crippen molar-refractivity contribution in [2.75, 3.05) is 13.1 Å². The SMILES string of the molecule is CC(C)c1c(C(=O)N2CCC(O)(C(=O)O)CC2)cnn1-c1ccc(Cl)cc1. The van der Waals surface area contributed by atoms with Crippen LogP contribution in [0.4, 0.5) is 0 Å². The van der Waals surface area contributed by atoms with Crippen molar-refractivity contribution in [2.24, 2.45) is 0 Å². The number of likely N-dealkylation sites (tertiary alicyclic amines) is 1. The zero-order valence-corrected chi connectivity index (χ0v) is 16.0. The van der Waals surface area contributed by atoms with Crippen LogP contribution in [-0.4, -0.2) is 55.5 Å². The Hall–Kier alpha value is -2.38. The van der Waals surface area contributed by atoms with Crippen LogP contribution in [0.5, 0.6) is 0 Å². The van der Waals surface area contributed by atoms with Crippen LogP contribution in [-0.2, 0) is 4.79 Å². The van der Waals surface area contributed by atoms with Crippen LogP contribution >= 0.6 is 11.6 Å². The van der Waals surface area contributed by atoms with Gasteiger partial charge in [0.05, 0.1) is 23.1 Å². The van der Waals surface area contributed by atoms with Gasteiger partial charge in [-0.2, -0.15) is 5.10 Å². The van der Waals surface area contributed by atoms with E-state index in [2.05, 4.69) is 5.10 Å². The lowest BCUT2D eigenvalue weighted by molar-refractivity contribution is -0.162. The van der Waals surface area contributed by atoms with E-state index in [9.17, 15) is 14.7 Å². The molecular formula is C19H22ClN3O4. The Morgan fingerprint density at radius 3 is 2.30 bits per heavy atom. The monoisotopic (exact) mass is 391 g/mol. The van der Waals surface area contributed by atoms with E-state index >= 15 is 0 Å². The van der Waals surface area contributed by atoms with Crippen LogP contribution < -0.4 is 0 Å². The molecule has 1 saturated heterocycles. The standard InChI is InChI=1S/C19H22ClN3O4/c1-12(2)16-15(11-21-23(16)14-5-3-13(20)4-6-14)17(24)22-9-7-19(27,8-10-22)18(25)26/h3-6,11-12,27H,7-10H2,1-2H3,(H,25,26). The number of carbonyl (C=O) groups is 2. The molecule has 27 heavy (non-hydrogen) atoms. The third-order valence-electron chi connectivity index (χ3n) is 4.93. The number of piperidine rings is 1. The number of benzene rings is 1. The first-order valence-corrected chi connectivity index (χ1v) is 9.19. The van der Waals surface area contributed by atoms with E-state index in [1.807, 2.05) is 26.0 Å². The summed E-state index contributed by atoms with van der Waals surface area (Å²) >= 11 is 5.95. The van der Waals surface area contributed by atoms with Gasteiger partial charge in [-0.1, -0.05) is 25.4 Å². The lowest BCUT2D eigenvalue weighted by Crippen LogP contribution is -2.50. The highest BCUT2D eigenvalue weighted by molar-refractivity contribution is 6.30. The molecule has 2 aromatic rings. The average Bonchev–Trinajstić information content (AvgIpc) is 3.07. The first kappa shape index (κ1) is 19.4. The minimum atomic E-state index is -1.76. The molecule has 7 nitrogen and oxygen atoms in total. The summed E-state index contributed by atoms with van der Waals surface area (Å²) in [5.41, 5.74) is 0.314. The van der Waals surface area contributed by atoms with Gasteiger partial charge in [0.25, 0.3) is 5.91 Å². The van der Waals surface area contributed by atoms with Crippen molar-refractivity contribution in [1.82, 2.24) is 14.7 Å². The predicted molar refractivity (Wildman–Crippen MR) is 100 cm³/mol. The molecule has 144 valence electrons. The molecule has 1 aliphatic heterocycles. The van der Waals surface area contributed by atoms with E-state index in [1.54, 1.807) is 27.9 Å². The Morgan fingerprint density at radius 1 is 1.19 bits per heavy atom. The Morgan fingerprint density at radius 2 is 1.78 bits per heavy atom. The summed E-state index contributed by atoms with van der Waals surface area (Å²) in [6.07, 6.45) is 1.57. The number of nitrogens with zero attached hydrogens (tertiary/aromatic N) is 3. The zero-order chi connectivity index (χ0) is 19.8. The van der Waals surface area contributed by atoms with Gasteiger partial charge in [-0.25, -0.2) is 9.48 Å². The normalized spacial score (nSPS) is 16.6. The maximum Gasteiger partial charge on any atom is 0.335 e. The van der Waals surface area contributed by atoms with Crippen LogP contribution in [0.1, 0.15) is 48.7 Å². The van der Waals surface area contributed by atoms with Crippen LogP contribution in [0.15, 0.2) is 30.5 Å². The third kappa shape index (κ3) is 3.70. The Labute approximate surface area is 162 Å². The van der Waals surface area contributed by atoms with Crippen molar-refractivity contribution < 1.29 is 19.8 Å². The molecule has 1 aromatic heterocycles. The second-order valence-electron chi connectivity index (χ2n) is 7.12. The minimum Gasteiger partial charge on any atom is -0.479 e. The number of hydrogen-bond acceptors (Lipinski definition) is 4. The van der Waals surface area contributed by atoms with Crippen LogP contribution in [0, 0.1) is 0 Å². The summed E-state index contributed by atoms with van der Waals surface area (Å²) in [6, 6.07) is 7.20. The van der Waals surface area contributed by atoms with Gasteiger partial charge in [-0.3, -0.25) is 4.79 Å². The first-order chi connectivity index (χ1) is 12.7. The number of carboxylic acids is 1. The quantitative estimate of drug-likeness (QED) is 0.835. The molecule has 0 radical (unpaired) electrons. The van der Waals surface area contributed by atoms with E-state index in [-0.39, 0.29) is 37.8 Å². The molecular weight excluding hydrogens is 370 g/mol. The maximum absolute atomic E-state index is 13.0. The lowest BCUT2D eigenvalue weighted by atomic mass is 9.91. The highest BCUT2D eigenvalue weighted by Gasteiger charge is 2.41. The lowest BCUT2D eigenvalue weighted by Gasteiger charge is -2.35. The number of rotatable bonds is 4. The topological polar surface area (TPSA) is 95.7 Å². The van der Waals surface area contributed by atoms with Crippen molar-refractivity contribution >= 4 is 23.5 Å². The number of aliphatic hydroxyl groups is 1. The van der Waals surface area contributed by atoms with Crippen molar-refractivity contribution in [3.63, 3.8) is 0 Å². The van der Waals surface area contributed by atoms with Crippen LogP contribution in [0.3, 0.4) is 0 Å². The zero-order valence-electron chi connectivity index (χ0n) is 15.2. The Bertz CT molecular complexity index is 852. The molecule has 1 amide bonds. The van der Waals surface area contributed by atoms with Gasteiger partial charge in [0.1, 0.15) is 0 Å². The summed E-state index contributed by atoms with van der Waals surface area (Å²) < 4.78 is 1.73. The van der Waals surface area contributed by atoms with Crippen LogP contribution in [0.2, 0.25) is 5.02 Å². The highest BCUT2D eigenvalue weighted by atomic mass is 35.5. The molecule has 3 rings (SSSR count). The minimum absolute atomic E-state index is 0.0103. The Kier molecular flexibility index (Phi) is 5.26. The van der Waals surface area contributed by atoms with E-state index in [1.165, 1.54) is 0 Å². The van der Waals surface area contributed by atoms with E-state index in [0.29, 0.717) is 10.6 Å². The number of halogens is 1. The number of carboxylic acid groups (broad SMARTS) is 1. The molecule has 1 aromatic carbocycles. The number of aliphatic carboxylic acids is 1. The number of amides is 1. The largest absolute Gasteiger partial charge is 0.479 e. The molecule has 1 aliphatic rings. The number of hydrogen-bond donors (Lipinski definition) is 2. The molecule has 1 fully saturated rings. The molecule has 0 unspecified atom stereocenters. The molecule has 0 saturated carbocycles. The fourth-order valence-corrected chi connectivity index (χ4v) is 3.46. The van der Waals surface area contributed by atoms with Gasteiger partial charge in [0.15, 0.2) is 5.60 Å². The maximum atomic E-state index is 13.0. The average molecular weight is 392 g/mol. The number of aromatic nitrogens is 2. The van der Waals surface area contributed by atoms with Crippen molar-refractivity contribution in [3.05, 3.63) is 46.7 Å². The third-order valence-corrected chi connectivity index (χ3v) is 5.18. The second-order valence-corrected chi connectivity index (χ2v) is 7.55. The number of carbonyl (C=O) groups excluding carboxylic acids is 1. The van der Waals surface area contributed by atoms with Gasteiger partial charge in [0.2, 0.25) is 0 Å². The molecule has 0 atom stereocenters. The van der Waals surface area contributed by atoms with Crippen molar-refractivity contribution in [1.29, 1.82) is 0 Å². The van der Waals surface area contributed by atoms with Crippen molar-refractivity contribution in [2.45, 2.75) is 38.2 Å². The fraction of sp³-hybridized carbons (Fsp3) is 0.421. The fourth-order valence-electron chi connectivity index (χ4n) is 3.33. The highest BCUT2D eigenvalue weighted by Crippen LogP contribution is 2.28. The van der Waals surface area contributed by atoms with Crippen molar-refractivity contribution in [3.8, 4) is 5.69 Å². The summed E-state index contributed by atoms with van der Waals surface area (Å²) in [5.74, 6) is -1.40. The summed E-state index contributed by atoms with van der Waals surface area (Å²) in [6.45, 7) is 4.34. The molecule has 8 heteroatoms. The molecule has 2 heterocycles. The summed E-state index contributed by atoms with van der Waals surface area (Å²) in [7, 11) is 0. The second kappa shape index (κ2) is 7.32. The van der Waals surface area contributed by atoms with Gasteiger partial charge < -0.3 is 15.1 Å². The van der Waals surface area contributed by atoms with Gasteiger partial charge in [-0.05, 0) is 30.2 Å². The van der Waals surface area contributed by atoms with E-state index < -0.39 is 11.6 Å². The predicted octanol–water partition coefficient (Wildman–Crippen LogP) is 2.70. The van der Waals surface area contributed by atoms with E-state index in [0.717, 1.165) is 11.4 Å². The molecule has 2 N–H and O–H groups in total. The van der Waals surface area contributed by atoms with Gasteiger partial charge >= 0.3 is 5.97 Å². The summed E-state index contributed by atoms with van der Waals surface area (Å²) in [4.78, 5) is 25.8. The summed E-state index contributed by atoms with van der Waals surface area (Å²) in [5, 5.41) is 24.2.